The summed E-state index contributed by atoms with van der Waals surface area (Å²) < 4.78 is 18.9. The summed E-state index contributed by atoms with van der Waals surface area (Å²) in [6, 6.07) is 0. The van der Waals surface area contributed by atoms with Gasteiger partial charge in [-0.25, -0.2) is 0 Å². The minimum Gasteiger partial charge on any atom is -0.353 e. The summed E-state index contributed by atoms with van der Waals surface area (Å²) in [6.07, 6.45) is 16.2. The predicted molar refractivity (Wildman–Crippen MR) is 188 cm³/mol. The van der Waals surface area contributed by atoms with Crippen LogP contribution in [-0.2, 0) is 14.2 Å². The van der Waals surface area contributed by atoms with Gasteiger partial charge < -0.3 is 14.2 Å². The van der Waals surface area contributed by atoms with Crippen molar-refractivity contribution < 1.29 is 14.2 Å². The molecule has 0 saturated heterocycles. The van der Waals surface area contributed by atoms with E-state index < -0.39 is 0 Å². The van der Waals surface area contributed by atoms with E-state index in [0.717, 1.165) is 87.2 Å². The fraction of sp³-hybridized carbons (Fsp3) is 1.00. The molecular formula is C36H72Br2O3. The zero-order valence-corrected chi connectivity index (χ0v) is 32.2. The molecule has 0 aromatic carbocycles. The second-order valence-corrected chi connectivity index (χ2v) is 17.3. The second-order valence-electron chi connectivity index (χ2n) is 14.2. The van der Waals surface area contributed by atoms with Crippen LogP contribution < -0.4 is 0 Å². The van der Waals surface area contributed by atoms with E-state index in [0.29, 0.717) is 9.65 Å². The molecule has 0 amide bonds. The van der Waals surface area contributed by atoms with E-state index in [9.17, 15) is 0 Å². The lowest BCUT2D eigenvalue weighted by atomic mass is 9.86. The Labute approximate surface area is 275 Å². The van der Waals surface area contributed by atoms with E-state index in [1.165, 1.54) is 51.4 Å². The Kier molecular flexibility index (Phi) is 26.6. The summed E-state index contributed by atoms with van der Waals surface area (Å²) in [7, 11) is 0. The highest BCUT2D eigenvalue weighted by molar-refractivity contribution is 9.09. The third kappa shape index (κ3) is 25.8. The molecule has 3 nitrogen and oxygen atoms in total. The van der Waals surface area contributed by atoms with Crippen LogP contribution in [0.3, 0.4) is 0 Å². The zero-order chi connectivity index (χ0) is 31.2. The number of halogens is 2. The number of hydrogen-bond acceptors (Lipinski definition) is 3. The molecule has 0 bridgehead atoms. The first-order valence-corrected chi connectivity index (χ1v) is 19.4. The summed E-state index contributed by atoms with van der Waals surface area (Å²) in [6.45, 7) is 24.9. The molecule has 0 saturated carbocycles. The summed E-state index contributed by atoms with van der Waals surface area (Å²) in [4.78, 5) is 1.23. The first kappa shape index (κ1) is 41.8. The quantitative estimate of drug-likeness (QED) is 0.0597. The maximum atomic E-state index is 6.51. The number of rotatable bonds is 28. The highest BCUT2D eigenvalue weighted by atomic mass is 79.9. The van der Waals surface area contributed by atoms with Crippen LogP contribution in [0.4, 0.5) is 0 Å². The Bertz CT molecular complexity index is 525. The van der Waals surface area contributed by atoms with Gasteiger partial charge in [0, 0.05) is 22.9 Å². The topological polar surface area (TPSA) is 27.7 Å². The van der Waals surface area contributed by atoms with Crippen molar-refractivity contribution >= 4 is 31.9 Å². The molecule has 41 heavy (non-hydrogen) atoms. The van der Waals surface area contributed by atoms with Crippen molar-refractivity contribution in [3.05, 3.63) is 0 Å². The van der Waals surface area contributed by atoms with Gasteiger partial charge in [-0.3, -0.25) is 0 Å². The molecule has 0 aliphatic heterocycles. The molecule has 0 radical (unpaired) electrons. The van der Waals surface area contributed by atoms with Crippen LogP contribution in [-0.4, -0.2) is 35.4 Å². The van der Waals surface area contributed by atoms with Gasteiger partial charge in [-0.1, -0.05) is 114 Å². The molecule has 0 spiro atoms. The molecule has 0 aromatic heterocycles. The van der Waals surface area contributed by atoms with Gasteiger partial charge in [-0.15, -0.1) is 0 Å². The molecule has 0 aliphatic carbocycles. The van der Waals surface area contributed by atoms with Gasteiger partial charge in [0.2, 0.25) is 0 Å². The monoisotopic (exact) mass is 710 g/mol. The van der Waals surface area contributed by atoms with E-state index in [4.69, 9.17) is 14.2 Å². The van der Waals surface area contributed by atoms with E-state index >= 15 is 0 Å². The summed E-state index contributed by atoms with van der Waals surface area (Å²) >= 11 is 7.44. The number of hydrogen-bond donors (Lipinski definition) is 0. The third-order valence-electron chi connectivity index (χ3n) is 8.27. The fourth-order valence-electron chi connectivity index (χ4n) is 6.79. The molecular weight excluding hydrogens is 640 g/mol. The maximum Gasteiger partial charge on any atom is 0.160 e. The molecule has 248 valence electrons. The van der Waals surface area contributed by atoms with Gasteiger partial charge in [0.15, 0.2) is 12.6 Å². The van der Waals surface area contributed by atoms with Crippen molar-refractivity contribution in [2.45, 2.75) is 181 Å². The van der Waals surface area contributed by atoms with E-state index in [2.05, 4.69) is 101 Å². The fourth-order valence-corrected chi connectivity index (χ4v) is 8.07. The molecule has 0 rings (SSSR count). The molecule has 0 aliphatic rings. The average Bonchev–Trinajstić information content (AvgIpc) is 2.83. The van der Waals surface area contributed by atoms with Crippen LogP contribution in [0.1, 0.15) is 159 Å². The Hall–Kier alpha value is 0.840. The van der Waals surface area contributed by atoms with Gasteiger partial charge in [-0.2, -0.15) is 0 Å². The Morgan fingerprint density at radius 3 is 1.07 bits per heavy atom. The largest absolute Gasteiger partial charge is 0.353 e. The molecule has 10 unspecified atom stereocenters. The van der Waals surface area contributed by atoms with Crippen molar-refractivity contribution in [2.24, 2.45) is 35.5 Å². The smallest absolute Gasteiger partial charge is 0.160 e. The standard InChI is InChI=1S/C36H72Br2O3/c1-11-19-39-35(17-13-15-27(3)21-29(5)23-31(7)25-33(9)37)41-36(40-20-12-2)18-14-16-28(4)22-30(6)24-32(8)26-34(10)38/h27-36H,11-26H2,1-10H3. The molecule has 0 aromatic rings. The van der Waals surface area contributed by atoms with Gasteiger partial charge in [0.1, 0.15) is 0 Å². The summed E-state index contributed by atoms with van der Waals surface area (Å²) in [5.41, 5.74) is 0. The van der Waals surface area contributed by atoms with Gasteiger partial charge >= 0.3 is 0 Å². The lowest BCUT2D eigenvalue weighted by Crippen LogP contribution is -2.28. The Balaban J connectivity index is 4.66. The van der Waals surface area contributed by atoms with Gasteiger partial charge in [0.05, 0.1) is 0 Å². The first-order chi connectivity index (χ1) is 19.4. The summed E-state index contributed by atoms with van der Waals surface area (Å²) in [5.74, 6) is 4.63. The van der Waals surface area contributed by atoms with E-state index in [1.807, 2.05) is 0 Å². The van der Waals surface area contributed by atoms with Crippen LogP contribution >= 0.6 is 31.9 Å². The van der Waals surface area contributed by atoms with Crippen molar-refractivity contribution in [1.82, 2.24) is 0 Å². The van der Waals surface area contributed by atoms with Crippen molar-refractivity contribution in [1.29, 1.82) is 0 Å². The zero-order valence-electron chi connectivity index (χ0n) is 29.1. The van der Waals surface area contributed by atoms with Crippen molar-refractivity contribution in [3.8, 4) is 0 Å². The molecule has 5 heteroatoms. The molecule has 10 atom stereocenters. The minimum absolute atomic E-state index is 0.155. The van der Waals surface area contributed by atoms with Crippen LogP contribution in [0.15, 0.2) is 0 Å². The third-order valence-corrected chi connectivity index (χ3v) is 9.01. The Morgan fingerprint density at radius 2 is 0.756 bits per heavy atom. The lowest BCUT2D eigenvalue weighted by molar-refractivity contribution is -0.250. The van der Waals surface area contributed by atoms with E-state index in [1.54, 1.807) is 0 Å². The first-order valence-electron chi connectivity index (χ1n) is 17.5. The van der Waals surface area contributed by atoms with E-state index in [-0.39, 0.29) is 12.6 Å². The molecule has 0 heterocycles. The van der Waals surface area contributed by atoms with Gasteiger partial charge in [-0.05, 0) is 113 Å². The minimum atomic E-state index is -0.155. The maximum absolute atomic E-state index is 6.51. The van der Waals surface area contributed by atoms with Crippen molar-refractivity contribution in [2.75, 3.05) is 13.2 Å². The van der Waals surface area contributed by atoms with Crippen LogP contribution in [0.5, 0.6) is 0 Å². The van der Waals surface area contributed by atoms with Crippen LogP contribution in [0.2, 0.25) is 0 Å². The number of alkyl halides is 2. The lowest BCUT2D eigenvalue weighted by Gasteiger charge is -2.27. The summed E-state index contributed by atoms with van der Waals surface area (Å²) in [5, 5.41) is 0. The average molecular weight is 713 g/mol. The predicted octanol–water partition coefficient (Wildman–Crippen LogP) is 12.6. The SMILES string of the molecule is CCCOC(CCCC(C)CC(C)CC(C)CC(C)Br)OC(CCCC(C)CC(C)CC(C)CC(C)Br)OCCC. The highest BCUT2D eigenvalue weighted by Gasteiger charge is 2.20. The highest BCUT2D eigenvalue weighted by Crippen LogP contribution is 2.28. The Morgan fingerprint density at radius 1 is 0.439 bits per heavy atom. The second kappa shape index (κ2) is 26.1. The number of ether oxygens (including phenoxy) is 3. The molecule has 0 fully saturated rings. The van der Waals surface area contributed by atoms with Crippen molar-refractivity contribution in [3.63, 3.8) is 0 Å². The van der Waals surface area contributed by atoms with Crippen LogP contribution in [0.25, 0.3) is 0 Å². The molecule has 0 N–H and O–H groups in total. The normalized spacial score (nSPS) is 19.6. The van der Waals surface area contributed by atoms with Gasteiger partial charge in [0.25, 0.3) is 0 Å². The van der Waals surface area contributed by atoms with Crippen LogP contribution in [0, 0.1) is 35.5 Å².